The molecular weight excluding hydrogens is 440 g/mol. The van der Waals surface area contributed by atoms with Gasteiger partial charge in [0.1, 0.15) is 17.7 Å². The van der Waals surface area contributed by atoms with Crippen LogP contribution in [-0.2, 0) is 11.3 Å². The highest BCUT2D eigenvalue weighted by Gasteiger charge is 2.27. The molecule has 0 atom stereocenters. The lowest BCUT2D eigenvalue weighted by molar-refractivity contribution is 0.0813. The molecule has 3 aromatic heterocycles. The Kier molecular flexibility index (Phi) is 6.97. The van der Waals surface area contributed by atoms with Crippen LogP contribution in [-0.4, -0.2) is 69.4 Å². The molecule has 0 spiro atoms. The first-order valence-corrected chi connectivity index (χ1v) is 10.7. The number of pyridine rings is 1. The lowest BCUT2D eigenvalue weighted by Gasteiger charge is -2.15. The van der Waals surface area contributed by atoms with Gasteiger partial charge in [-0.2, -0.15) is 5.10 Å². The van der Waals surface area contributed by atoms with Crippen molar-refractivity contribution in [2.75, 3.05) is 38.4 Å². The second kappa shape index (κ2) is 10.3. The number of carbonyl (C=O) groups is 2. The van der Waals surface area contributed by atoms with Gasteiger partial charge in [0, 0.05) is 32.8 Å². The molecule has 0 aliphatic heterocycles. The summed E-state index contributed by atoms with van der Waals surface area (Å²) in [5.41, 5.74) is 2.40. The summed E-state index contributed by atoms with van der Waals surface area (Å²) >= 11 is 0. The van der Waals surface area contributed by atoms with Crippen LogP contribution in [0, 0.1) is 0 Å². The number of nitrogens with zero attached hydrogens (tertiary/aromatic N) is 6. The fourth-order valence-corrected chi connectivity index (χ4v) is 3.24. The van der Waals surface area contributed by atoms with E-state index in [0.29, 0.717) is 30.4 Å². The minimum absolute atomic E-state index is 0.109. The molecule has 3 heterocycles. The standard InChI is InChI=1S/C22H26N8O4/c1-29(2)21(31)19-18(12-25-30(19)8-9-33-3)28-22(32)34-20-17(26-15-10-23-13-24-11-15)7-6-16(27-20)14-4-5-14/h6-7,10-14,26H,4-5,8-9H2,1-3H3,(H,28,32). The molecule has 1 aliphatic carbocycles. The molecule has 3 aromatic rings. The highest BCUT2D eigenvalue weighted by Crippen LogP contribution is 2.41. The predicted molar refractivity (Wildman–Crippen MR) is 123 cm³/mol. The van der Waals surface area contributed by atoms with Crippen molar-refractivity contribution >= 4 is 29.1 Å². The van der Waals surface area contributed by atoms with Gasteiger partial charge in [0.25, 0.3) is 5.91 Å². The van der Waals surface area contributed by atoms with Crippen LogP contribution in [0.1, 0.15) is 34.9 Å². The second-order valence-electron chi connectivity index (χ2n) is 7.95. The monoisotopic (exact) mass is 466 g/mol. The Hall–Kier alpha value is -4.06. The normalized spacial score (nSPS) is 12.8. The van der Waals surface area contributed by atoms with Gasteiger partial charge in [-0.3, -0.25) is 14.8 Å². The van der Waals surface area contributed by atoms with Crippen molar-refractivity contribution in [1.29, 1.82) is 0 Å². The Bertz CT molecular complexity index is 1160. The van der Waals surface area contributed by atoms with E-state index in [0.717, 1.165) is 18.5 Å². The van der Waals surface area contributed by atoms with E-state index < -0.39 is 6.09 Å². The van der Waals surface area contributed by atoms with Crippen molar-refractivity contribution < 1.29 is 19.1 Å². The van der Waals surface area contributed by atoms with Gasteiger partial charge >= 0.3 is 6.09 Å². The number of hydrogen-bond acceptors (Lipinski definition) is 9. The number of aromatic nitrogens is 5. The van der Waals surface area contributed by atoms with Crippen LogP contribution in [0.3, 0.4) is 0 Å². The van der Waals surface area contributed by atoms with E-state index in [2.05, 4.69) is 30.7 Å². The van der Waals surface area contributed by atoms with Gasteiger partial charge < -0.3 is 19.7 Å². The van der Waals surface area contributed by atoms with E-state index in [4.69, 9.17) is 9.47 Å². The molecule has 1 saturated carbocycles. The first-order valence-electron chi connectivity index (χ1n) is 10.7. The fourth-order valence-electron chi connectivity index (χ4n) is 3.24. The molecule has 4 rings (SSSR count). The first kappa shape index (κ1) is 23.1. The largest absolute Gasteiger partial charge is 0.418 e. The number of ether oxygens (including phenoxy) is 2. The maximum absolute atomic E-state index is 12.8. The summed E-state index contributed by atoms with van der Waals surface area (Å²) in [6.45, 7) is 0.704. The van der Waals surface area contributed by atoms with Crippen LogP contribution in [0.2, 0.25) is 0 Å². The van der Waals surface area contributed by atoms with Crippen molar-refractivity contribution in [3.63, 3.8) is 0 Å². The van der Waals surface area contributed by atoms with Gasteiger partial charge in [0.15, 0.2) is 0 Å². The van der Waals surface area contributed by atoms with Crippen LogP contribution >= 0.6 is 0 Å². The Labute approximate surface area is 196 Å². The van der Waals surface area contributed by atoms with E-state index >= 15 is 0 Å². The summed E-state index contributed by atoms with van der Waals surface area (Å²) in [7, 11) is 4.80. The number of methoxy groups -OCH3 is 1. The Morgan fingerprint density at radius 2 is 1.91 bits per heavy atom. The molecule has 0 saturated heterocycles. The van der Waals surface area contributed by atoms with Crippen LogP contribution in [0.4, 0.5) is 21.9 Å². The van der Waals surface area contributed by atoms with E-state index in [1.54, 1.807) is 39.7 Å². The third kappa shape index (κ3) is 5.46. The van der Waals surface area contributed by atoms with E-state index in [1.807, 2.05) is 6.07 Å². The van der Waals surface area contributed by atoms with Gasteiger partial charge in [-0.1, -0.05) is 0 Å². The number of nitrogens with one attached hydrogen (secondary N) is 2. The molecule has 2 N–H and O–H groups in total. The van der Waals surface area contributed by atoms with Crippen LogP contribution in [0.5, 0.6) is 5.88 Å². The van der Waals surface area contributed by atoms with Gasteiger partial charge in [-0.25, -0.2) is 19.7 Å². The lowest BCUT2D eigenvalue weighted by atomic mass is 10.2. The SMILES string of the molecule is COCCn1ncc(NC(=O)Oc2nc(C3CC3)ccc2Nc2cncnc2)c1C(=O)N(C)C. The summed E-state index contributed by atoms with van der Waals surface area (Å²) < 4.78 is 12.1. The molecule has 1 fully saturated rings. The zero-order valence-electron chi connectivity index (χ0n) is 19.2. The summed E-state index contributed by atoms with van der Waals surface area (Å²) in [5, 5.41) is 9.95. The average molecular weight is 467 g/mol. The second-order valence-corrected chi connectivity index (χ2v) is 7.95. The minimum atomic E-state index is -0.799. The smallest absolute Gasteiger partial charge is 0.389 e. The fraction of sp³-hybridized carbons (Fsp3) is 0.364. The van der Waals surface area contributed by atoms with Crippen molar-refractivity contribution in [2.45, 2.75) is 25.3 Å². The number of anilines is 3. The van der Waals surface area contributed by atoms with Crippen LogP contribution < -0.4 is 15.4 Å². The van der Waals surface area contributed by atoms with E-state index in [-0.39, 0.29) is 23.2 Å². The highest BCUT2D eigenvalue weighted by atomic mass is 16.6. The highest BCUT2D eigenvalue weighted by molar-refractivity contribution is 6.01. The molecule has 12 heteroatoms. The minimum Gasteiger partial charge on any atom is -0.389 e. The first-order chi connectivity index (χ1) is 16.5. The molecule has 2 amide bonds. The van der Waals surface area contributed by atoms with Crippen molar-refractivity contribution in [3.8, 4) is 5.88 Å². The van der Waals surface area contributed by atoms with E-state index in [1.165, 1.54) is 22.1 Å². The van der Waals surface area contributed by atoms with Gasteiger partial charge in [-0.05, 0) is 25.0 Å². The third-order valence-corrected chi connectivity index (χ3v) is 5.10. The maximum Gasteiger partial charge on any atom is 0.418 e. The maximum atomic E-state index is 12.8. The number of rotatable bonds is 9. The van der Waals surface area contributed by atoms with E-state index in [9.17, 15) is 9.59 Å². The molecule has 0 radical (unpaired) electrons. The van der Waals surface area contributed by atoms with Gasteiger partial charge in [0.2, 0.25) is 5.88 Å². The van der Waals surface area contributed by atoms with Crippen LogP contribution in [0.15, 0.2) is 37.1 Å². The topological polar surface area (TPSA) is 136 Å². The van der Waals surface area contributed by atoms with Gasteiger partial charge in [0.05, 0.1) is 43.1 Å². The number of carbonyl (C=O) groups excluding carboxylic acids is 2. The average Bonchev–Trinajstić information content (AvgIpc) is 3.60. The third-order valence-electron chi connectivity index (χ3n) is 5.10. The summed E-state index contributed by atoms with van der Waals surface area (Å²) in [6.07, 6.45) is 7.32. The summed E-state index contributed by atoms with van der Waals surface area (Å²) in [5.74, 6) is 0.157. The van der Waals surface area contributed by atoms with Crippen molar-refractivity contribution in [3.05, 3.63) is 48.4 Å². The van der Waals surface area contributed by atoms with Crippen LogP contribution in [0.25, 0.3) is 0 Å². The molecule has 178 valence electrons. The van der Waals surface area contributed by atoms with Gasteiger partial charge in [-0.15, -0.1) is 0 Å². The molecule has 1 aliphatic rings. The Balaban J connectivity index is 1.56. The molecule has 0 unspecified atom stereocenters. The Morgan fingerprint density at radius 1 is 1.15 bits per heavy atom. The predicted octanol–water partition coefficient (Wildman–Crippen LogP) is 2.65. The quantitative estimate of drug-likeness (QED) is 0.487. The van der Waals surface area contributed by atoms with Crippen molar-refractivity contribution in [1.82, 2.24) is 29.6 Å². The summed E-state index contributed by atoms with van der Waals surface area (Å²) in [4.78, 5) is 39.5. The molecule has 34 heavy (non-hydrogen) atoms. The number of hydrogen-bond donors (Lipinski definition) is 2. The molecule has 0 bridgehead atoms. The summed E-state index contributed by atoms with van der Waals surface area (Å²) in [6, 6.07) is 3.71. The molecule has 12 nitrogen and oxygen atoms in total. The van der Waals surface area contributed by atoms with Crippen molar-refractivity contribution in [2.24, 2.45) is 0 Å². The Morgan fingerprint density at radius 3 is 2.59 bits per heavy atom. The zero-order chi connectivity index (χ0) is 24.1. The zero-order valence-corrected chi connectivity index (χ0v) is 19.2. The lowest BCUT2D eigenvalue weighted by Crippen LogP contribution is -2.28. The molecule has 0 aromatic carbocycles. The molecular formula is C22H26N8O4. The number of amides is 2.